The van der Waals surface area contributed by atoms with Crippen LogP contribution in [0.15, 0.2) is 24.3 Å². The van der Waals surface area contributed by atoms with E-state index >= 15 is 0 Å². The molecule has 1 aromatic heterocycles. The summed E-state index contributed by atoms with van der Waals surface area (Å²) in [5.74, 6) is 7.66. The van der Waals surface area contributed by atoms with Gasteiger partial charge in [-0.1, -0.05) is 12.1 Å². The Balaban J connectivity index is 1.94. The average molecular weight is 250 g/mol. The smallest absolute Gasteiger partial charge is 0.214 e. The van der Waals surface area contributed by atoms with Crippen LogP contribution in [0.5, 0.6) is 11.5 Å². The van der Waals surface area contributed by atoms with Crippen LogP contribution in [-0.4, -0.2) is 21.5 Å². The molecule has 0 unspecified atom stereocenters. The predicted molar refractivity (Wildman–Crippen MR) is 62.9 cm³/mol. The van der Waals surface area contributed by atoms with Crippen LogP contribution in [0.2, 0.25) is 0 Å². The Kier molecular flexibility index (Phi) is 2.25. The van der Waals surface area contributed by atoms with Crippen LogP contribution >= 0.6 is 12.2 Å². The Hall–Kier alpha value is -2.02. The van der Waals surface area contributed by atoms with Gasteiger partial charge >= 0.3 is 0 Å². The third-order valence-corrected chi connectivity index (χ3v) is 2.82. The van der Waals surface area contributed by atoms with Crippen molar-refractivity contribution in [3.63, 3.8) is 0 Å². The van der Waals surface area contributed by atoms with Crippen molar-refractivity contribution >= 4 is 12.2 Å². The van der Waals surface area contributed by atoms with E-state index in [0.29, 0.717) is 23.0 Å². The van der Waals surface area contributed by atoms with Crippen LogP contribution in [0.3, 0.4) is 0 Å². The molecule has 0 saturated heterocycles. The van der Waals surface area contributed by atoms with Gasteiger partial charge in [0, 0.05) is 0 Å². The van der Waals surface area contributed by atoms with Crippen LogP contribution in [-0.2, 0) is 0 Å². The standard InChI is InChI=1S/C10H10N4O2S/c11-14-9(12-13-10(14)17)8-5-15-6-3-1-2-4-7(6)16-8/h1-4,8H,5,11H2,(H,13,17)/t8-/m0/s1. The number of benzene rings is 1. The lowest BCUT2D eigenvalue weighted by Gasteiger charge is -2.25. The van der Waals surface area contributed by atoms with Crippen molar-refractivity contribution in [2.24, 2.45) is 0 Å². The molecule has 88 valence electrons. The van der Waals surface area contributed by atoms with Crippen molar-refractivity contribution in [1.82, 2.24) is 14.9 Å². The Bertz CT molecular complexity index is 606. The van der Waals surface area contributed by atoms with Crippen LogP contribution in [0.4, 0.5) is 0 Å². The summed E-state index contributed by atoms with van der Waals surface area (Å²) in [5.41, 5.74) is 0. The number of ether oxygens (including phenoxy) is 2. The molecule has 0 aliphatic carbocycles. The lowest BCUT2D eigenvalue weighted by atomic mass is 10.2. The summed E-state index contributed by atoms with van der Waals surface area (Å²) in [6, 6.07) is 7.46. The van der Waals surface area contributed by atoms with Crippen molar-refractivity contribution in [2.45, 2.75) is 6.10 Å². The molecule has 17 heavy (non-hydrogen) atoms. The molecular formula is C10H10N4O2S. The van der Waals surface area contributed by atoms with E-state index in [1.54, 1.807) is 0 Å². The molecule has 0 bridgehead atoms. The number of hydrogen-bond acceptors (Lipinski definition) is 5. The zero-order valence-corrected chi connectivity index (χ0v) is 9.61. The second-order valence-corrected chi connectivity index (χ2v) is 4.01. The Morgan fingerprint density at radius 1 is 1.41 bits per heavy atom. The fraction of sp³-hybridized carbons (Fsp3) is 0.200. The molecule has 1 aromatic carbocycles. The highest BCUT2D eigenvalue weighted by Crippen LogP contribution is 2.34. The van der Waals surface area contributed by atoms with E-state index in [9.17, 15) is 0 Å². The number of aromatic amines is 1. The SMILES string of the molecule is Nn1c([C@@H]2COc3ccccc3O2)n[nH]c1=S. The average Bonchev–Trinajstić information content (AvgIpc) is 2.70. The quantitative estimate of drug-likeness (QED) is 0.586. The van der Waals surface area contributed by atoms with Crippen molar-refractivity contribution in [1.29, 1.82) is 0 Å². The molecule has 7 heteroatoms. The van der Waals surface area contributed by atoms with Crippen molar-refractivity contribution in [3.8, 4) is 11.5 Å². The molecule has 0 fully saturated rings. The minimum atomic E-state index is -0.358. The first-order valence-corrected chi connectivity index (χ1v) is 5.47. The van der Waals surface area contributed by atoms with Gasteiger partial charge in [0.05, 0.1) is 0 Å². The highest BCUT2D eigenvalue weighted by atomic mass is 32.1. The number of nitrogens with zero attached hydrogens (tertiary/aromatic N) is 2. The summed E-state index contributed by atoms with van der Waals surface area (Å²) in [7, 11) is 0. The minimum Gasteiger partial charge on any atom is -0.485 e. The van der Waals surface area contributed by atoms with Gasteiger partial charge in [-0.15, -0.1) is 0 Å². The first-order valence-electron chi connectivity index (χ1n) is 5.06. The largest absolute Gasteiger partial charge is 0.485 e. The van der Waals surface area contributed by atoms with Gasteiger partial charge in [0.25, 0.3) is 0 Å². The van der Waals surface area contributed by atoms with Gasteiger partial charge in [0.1, 0.15) is 6.61 Å². The second-order valence-electron chi connectivity index (χ2n) is 3.62. The maximum absolute atomic E-state index is 5.76. The van der Waals surface area contributed by atoms with Gasteiger partial charge in [-0.3, -0.25) is 5.10 Å². The molecule has 0 saturated carbocycles. The molecular weight excluding hydrogens is 240 g/mol. The second kappa shape index (κ2) is 3.77. The van der Waals surface area contributed by atoms with Gasteiger partial charge in [0.15, 0.2) is 23.4 Å². The lowest BCUT2D eigenvalue weighted by molar-refractivity contribution is 0.0833. The summed E-state index contributed by atoms with van der Waals surface area (Å²) in [6.07, 6.45) is -0.358. The summed E-state index contributed by atoms with van der Waals surface area (Å²) >= 11 is 4.94. The number of nitrogens with one attached hydrogen (secondary N) is 1. The van der Waals surface area contributed by atoms with Crippen LogP contribution in [0, 0.1) is 4.77 Å². The zero-order valence-electron chi connectivity index (χ0n) is 8.79. The van der Waals surface area contributed by atoms with E-state index in [2.05, 4.69) is 10.2 Å². The number of nitrogen functional groups attached to an aromatic ring is 1. The maximum Gasteiger partial charge on any atom is 0.214 e. The number of hydrogen-bond donors (Lipinski definition) is 2. The Morgan fingerprint density at radius 2 is 2.18 bits per heavy atom. The first kappa shape index (κ1) is 10.2. The van der Waals surface area contributed by atoms with Crippen molar-refractivity contribution in [2.75, 3.05) is 12.4 Å². The highest BCUT2D eigenvalue weighted by Gasteiger charge is 2.26. The Labute approximate surface area is 102 Å². The molecule has 1 atom stereocenters. The Morgan fingerprint density at radius 3 is 2.88 bits per heavy atom. The summed E-state index contributed by atoms with van der Waals surface area (Å²) in [6.45, 7) is 0.355. The van der Waals surface area contributed by atoms with Crippen LogP contribution in [0.1, 0.15) is 11.9 Å². The lowest BCUT2D eigenvalue weighted by Crippen LogP contribution is -2.27. The number of para-hydroxylation sites is 2. The molecule has 3 rings (SSSR count). The fourth-order valence-electron chi connectivity index (χ4n) is 1.69. The van der Waals surface area contributed by atoms with Crippen LogP contribution in [0.25, 0.3) is 0 Å². The minimum absolute atomic E-state index is 0.349. The van der Waals surface area contributed by atoms with E-state index < -0.39 is 0 Å². The number of rotatable bonds is 1. The summed E-state index contributed by atoms with van der Waals surface area (Å²) in [4.78, 5) is 0. The fourth-order valence-corrected chi connectivity index (χ4v) is 1.83. The molecule has 1 aliphatic rings. The van der Waals surface area contributed by atoms with Gasteiger partial charge in [-0.05, 0) is 24.4 Å². The molecule has 3 N–H and O–H groups in total. The maximum atomic E-state index is 5.76. The zero-order chi connectivity index (χ0) is 11.8. The third kappa shape index (κ3) is 1.64. The van der Waals surface area contributed by atoms with Gasteiger partial charge in [0.2, 0.25) is 4.77 Å². The van der Waals surface area contributed by atoms with E-state index in [-0.39, 0.29) is 6.10 Å². The van der Waals surface area contributed by atoms with Gasteiger partial charge < -0.3 is 15.3 Å². The monoisotopic (exact) mass is 250 g/mol. The number of H-pyrrole nitrogens is 1. The third-order valence-electron chi connectivity index (χ3n) is 2.53. The number of aromatic nitrogens is 3. The van der Waals surface area contributed by atoms with Crippen molar-refractivity contribution < 1.29 is 9.47 Å². The molecule has 6 nitrogen and oxygen atoms in total. The number of fused-ring (bicyclic) bond motifs is 1. The molecule has 2 aromatic rings. The topological polar surface area (TPSA) is 78.1 Å². The van der Waals surface area contributed by atoms with E-state index in [0.717, 1.165) is 5.75 Å². The van der Waals surface area contributed by atoms with E-state index in [1.165, 1.54) is 4.68 Å². The molecule has 0 amide bonds. The normalized spacial score (nSPS) is 18.0. The summed E-state index contributed by atoms with van der Waals surface area (Å²) < 4.78 is 13.0. The van der Waals surface area contributed by atoms with E-state index in [1.807, 2.05) is 24.3 Å². The van der Waals surface area contributed by atoms with Crippen LogP contribution < -0.4 is 15.3 Å². The van der Waals surface area contributed by atoms with Crippen molar-refractivity contribution in [3.05, 3.63) is 34.9 Å². The molecule has 2 heterocycles. The molecule has 0 spiro atoms. The number of nitrogens with two attached hydrogens (primary N) is 1. The summed E-state index contributed by atoms with van der Waals surface area (Å²) in [5, 5.41) is 6.64. The predicted octanol–water partition coefficient (Wildman–Crippen LogP) is 1.17. The highest BCUT2D eigenvalue weighted by molar-refractivity contribution is 7.71. The van der Waals surface area contributed by atoms with Gasteiger partial charge in [-0.25, -0.2) is 4.68 Å². The molecule has 0 radical (unpaired) electrons. The molecule has 1 aliphatic heterocycles. The first-order chi connectivity index (χ1) is 8.25. The van der Waals surface area contributed by atoms with Gasteiger partial charge in [-0.2, -0.15) is 5.10 Å². The van der Waals surface area contributed by atoms with E-state index in [4.69, 9.17) is 27.5 Å².